The van der Waals surface area contributed by atoms with Crippen molar-refractivity contribution >= 4 is 28.1 Å². The van der Waals surface area contributed by atoms with Gasteiger partial charge in [0.25, 0.3) is 0 Å². The minimum Gasteiger partial charge on any atom is -0.378 e. The molecule has 1 fully saturated rings. The Morgan fingerprint density at radius 3 is 2.61 bits per heavy atom. The maximum absolute atomic E-state index is 15.3. The van der Waals surface area contributed by atoms with Crippen molar-refractivity contribution in [3.05, 3.63) is 78.4 Å². The van der Waals surface area contributed by atoms with Gasteiger partial charge in [0, 0.05) is 73.6 Å². The van der Waals surface area contributed by atoms with Crippen LogP contribution in [0.15, 0.2) is 61.2 Å². The smallest absolute Gasteiger partial charge is 0.137 e. The van der Waals surface area contributed by atoms with Gasteiger partial charge in [-0.25, -0.2) is 18.7 Å². The second-order valence-electron chi connectivity index (χ2n) is 9.17. The molecule has 0 radical (unpaired) electrons. The van der Waals surface area contributed by atoms with Crippen LogP contribution in [0.3, 0.4) is 0 Å². The summed E-state index contributed by atoms with van der Waals surface area (Å²) in [6.07, 6.45) is 7.10. The van der Waals surface area contributed by atoms with Crippen LogP contribution in [-0.2, 0) is 11.8 Å². The van der Waals surface area contributed by atoms with Crippen LogP contribution in [0.2, 0.25) is 0 Å². The lowest BCUT2D eigenvalue weighted by Crippen LogP contribution is -2.36. The quantitative estimate of drug-likeness (QED) is 0.343. The van der Waals surface area contributed by atoms with Gasteiger partial charge in [0.05, 0.1) is 53.1 Å². The first-order valence-corrected chi connectivity index (χ1v) is 12.3. The summed E-state index contributed by atoms with van der Waals surface area (Å²) >= 11 is 0. The molecule has 8 nitrogen and oxygen atoms in total. The summed E-state index contributed by atoms with van der Waals surface area (Å²) in [6, 6.07) is 9.55. The SMILES string of the molecule is Cc1c(-c2ccccn2)nc2cc(F)cc(F)c2c1Nc1cc(N2CCOCC2)ncc1-c1cnn(C)c1. The molecule has 0 spiro atoms. The Kier molecular flexibility index (Phi) is 6.16. The molecule has 0 unspecified atom stereocenters. The van der Waals surface area contributed by atoms with Gasteiger partial charge in [-0.15, -0.1) is 0 Å². The zero-order valence-electron chi connectivity index (χ0n) is 20.9. The highest BCUT2D eigenvalue weighted by Crippen LogP contribution is 2.39. The van der Waals surface area contributed by atoms with Crippen LogP contribution in [0.1, 0.15) is 5.56 Å². The number of hydrogen-bond acceptors (Lipinski definition) is 7. The average molecular weight is 514 g/mol. The van der Waals surface area contributed by atoms with Crippen LogP contribution in [0.4, 0.5) is 26.0 Å². The van der Waals surface area contributed by atoms with E-state index in [0.29, 0.717) is 54.6 Å². The van der Waals surface area contributed by atoms with Gasteiger partial charge < -0.3 is 15.0 Å². The summed E-state index contributed by atoms with van der Waals surface area (Å²) < 4.78 is 36.8. The summed E-state index contributed by atoms with van der Waals surface area (Å²) in [5.41, 5.74) is 4.86. The van der Waals surface area contributed by atoms with Gasteiger partial charge in [-0.3, -0.25) is 9.67 Å². The van der Waals surface area contributed by atoms with Gasteiger partial charge >= 0.3 is 0 Å². The highest BCUT2D eigenvalue weighted by Gasteiger charge is 2.21. The fraction of sp³-hybridized carbons (Fsp3) is 0.214. The van der Waals surface area contributed by atoms with Crippen molar-refractivity contribution in [2.45, 2.75) is 6.92 Å². The Morgan fingerprint density at radius 1 is 1.03 bits per heavy atom. The lowest BCUT2D eigenvalue weighted by Gasteiger charge is -2.28. The number of fused-ring (bicyclic) bond motifs is 1. The molecule has 1 saturated heterocycles. The van der Waals surface area contributed by atoms with E-state index in [0.717, 1.165) is 23.0 Å². The second-order valence-corrected chi connectivity index (χ2v) is 9.17. The second kappa shape index (κ2) is 9.79. The number of aryl methyl sites for hydroxylation is 1. The molecule has 0 aliphatic carbocycles. The van der Waals surface area contributed by atoms with E-state index in [9.17, 15) is 4.39 Å². The van der Waals surface area contributed by atoms with Crippen molar-refractivity contribution in [1.29, 1.82) is 0 Å². The van der Waals surface area contributed by atoms with E-state index < -0.39 is 11.6 Å². The van der Waals surface area contributed by atoms with E-state index in [1.165, 1.54) is 6.07 Å². The van der Waals surface area contributed by atoms with Crippen molar-refractivity contribution in [2.75, 3.05) is 36.5 Å². The maximum atomic E-state index is 15.3. The first-order valence-electron chi connectivity index (χ1n) is 12.3. The van der Waals surface area contributed by atoms with E-state index in [-0.39, 0.29) is 10.9 Å². The van der Waals surface area contributed by atoms with E-state index in [4.69, 9.17) is 9.72 Å². The van der Waals surface area contributed by atoms with Crippen LogP contribution < -0.4 is 10.2 Å². The lowest BCUT2D eigenvalue weighted by atomic mass is 10.0. The number of nitrogens with one attached hydrogen (secondary N) is 1. The monoisotopic (exact) mass is 513 g/mol. The minimum atomic E-state index is -0.698. The Bertz CT molecular complexity index is 1630. The Balaban J connectivity index is 1.56. The van der Waals surface area contributed by atoms with Crippen molar-refractivity contribution in [2.24, 2.45) is 7.05 Å². The largest absolute Gasteiger partial charge is 0.378 e. The molecular weight excluding hydrogens is 488 g/mol. The number of pyridine rings is 3. The van der Waals surface area contributed by atoms with Gasteiger partial charge in [0.2, 0.25) is 0 Å². The molecule has 38 heavy (non-hydrogen) atoms. The van der Waals surface area contributed by atoms with Gasteiger partial charge in [0.15, 0.2) is 0 Å². The number of halogens is 2. The molecule has 0 bridgehead atoms. The van der Waals surface area contributed by atoms with E-state index in [2.05, 4.69) is 25.3 Å². The van der Waals surface area contributed by atoms with Crippen LogP contribution in [-0.4, -0.2) is 51.0 Å². The molecule has 10 heteroatoms. The lowest BCUT2D eigenvalue weighted by molar-refractivity contribution is 0.122. The maximum Gasteiger partial charge on any atom is 0.137 e. The molecule has 0 amide bonds. The molecular formula is C28H25F2N7O. The van der Waals surface area contributed by atoms with Crippen LogP contribution in [0, 0.1) is 18.6 Å². The molecule has 5 heterocycles. The zero-order chi connectivity index (χ0) is 26.2. The standard InChI is InChI=1S/C28H25F2N7O/c1-17-27(22-5-3-4-6-31-22)35-24-12-19(29)11-21(30)26(24)28(17)34-23-13-25(37-7-9-38-10-8-37)32-15-20(23)18-14-33-36(2)16-18/h3-6,11-16H,7-10H2,1-2H3,(H,32,34,35). The molecule has 5 aromatic rings. The summed E-state index contributed by atoms with van der Waals surface area (Å²) in [5, 5.41) is 7.99. The molecule has 1 aliphatic rings. The van der Waals surface area contributed by atoms with Crippen LogP contribution >= 0.6 is 0 Å². The van der Waals surface area contributed by atoms with Gasteiger partial charge in [-0.2, -0.15) is 5.10 Å². The fourth-order valence-corrected chi connectivity index (χ4v) is 4.75. The Labute approximate surface area is 217 Å². The molecule has 0 saturated carbocycles. The van der Waals surface area contributed by atoms with Gasteiger partial charge in [-0.05, 0) is 19.1 Å². The number of aromatic nitrogens is 5. The van der Waals surface area contributed by atoms with E-state index in [1.54, 1.807) is 23.3 Å². The summed E-state index contributed by atoms with van der Waals surface area (Å²) in [4.78, 5) is 15.9. The summed E-state index contributed by atoms with van der Waals surface area (Å²) in [6.45, 7) is 4.52. The van der Waals surface area contributed by atoms with Crippen molar-refractivity contribution in [1.82, 2.24) is 24.7 Å². The van der Waals surface area contributed by atoms with E-state index >= 15 is 4.39 Å². The highest BCUT2D eigenvalue weighted by atomic mass is 19.1. The summed E-state index contributed by atoms with van der Waals surface area (Å²) in [5.74, 6) is -0.620. The molecule has 6 rings (SSSR count). The molecule has 1 aliphatic heterocycles. The number of ether oxygens (including phenoxy) is 1. The molecule has 4 aromatic heterocycles. The predicted molar refractivity (Wildman–Crippen MR) is 142 cm³/mol. The van der Waals surface area contributed by atoms with Crippen molar-refractivity contribution < 1.29 is 13.5 Å². The Morgan fingerprint density at radius 2 is 1.87 bits per heavy atom. The van der Waals surface area contributed by atoms with Gasteiger partial charge in [-0.1, -0.05) is 6.07 Å². The van der Waals surface area contributed by atoms with Crippen LogP contribution in [0.25, 0.3) is 33.4 Å². The third-order valence-corrected chi connectivity index (χ3v) is 6.65. The molecule has 1 N–H and O–H groups in total. The summed E-state index contributed by atoms with van der Waals surface area (Å²) in [7, 11) is 1.84. The average Bonchev–Trinajstić information content (AvgIpc) is 3.36. The number of nitrogens with zero attached hydrogens (tertiary/aromatic N) is 6. The number of benzene rings is 1. The number of rotatable bonds is 5. The first-order chi connectivity index (χ1) is 18.5. The zero-order valence-corrected chi connectivity index (χ0v) is 20.9. The van der Waals surface area contributed by atoms with Gasteiger partial charge in [0.1, 0.15) is 17.5 Å². The van der Waals surface area contributed by atoms with Crippen LogP contribution in [0.5, 0.6) is 0 Å². The first kappa shape index (κ1) is 23.9. The van der Waals surface area contributed by atoms with E-state index in [1.807, 2.05) is 44.4 Å². The molecule has 0 atom stereocenters. The topological polar surface area (TPSA) is 81.0 Å². The highest BCUT2D eigenvalue weighted by molar-refractivity contribution is 5.99. The third kappa shape index (κ3) is 4.43. The normalized spacial score (nSPS) is 13.7. The van der Waals surface area contributed by atoms with Crippen molar-refractivity contribution in [3.8, 4) is 22.5 Å². The number of morpholine rings is 1. The third-order valence-electron chi connectivity index (χ3n) is 6.65. The minimum absolute atomic E-state index is 0.196. The number of hydrogen-bond donors (Lipinski definition) is 1. The predicted octanol–water partition coefficient (Wildman–Crippen LogP) is 5.26. The Hall–Kier alpha value is -4.44. The molecule has 1 aromatic carbocycles. The molecule has 192 valence electrons. The number of anilines is 3. The fourth-order valence-electron chi connectivity index (χ4n) is 4.75. The van der Waals surface area contributed by atoms with Crippen molar-refractivity contribution in [3.63, 3.8) is 0 Å².